The van der Waals surface area contributed by atoms with Gasteiger partial charge in [-0.05, 0) is 34.1 Å². The number of hydrogen-bond donors (Lipinski definition) is 3. The van der Waals surface area contributed by atoms with Crippen molar-refractivity contribution in [2.24, 2.45) is 5.84 Å². The third-order valence-electron chi connectivity index (χ3n) is 2.51. The highest BCUT2D eigenvalue weighted by atomic mass is 16.5. The van der Waals surface area contributed by atoms with Crippen molar-refractivity contribution in [1.82, 2.24) is 15.0 Å². The number of hydrazine groups is 1. The molecular formula is C12H24N6O2. The molecular weight excluding hydrogens is 260 g/mol. The van der Waals surface area contributed by atoms with Crippen molar-refractivity contribution in [3.05, 3.63) is 0 Å². The Morgan fingerprint density at radius 1 is 1.25 bits per heavy atom. The maximum atomic E-state index is 8.98. The molecule has 1 aromatic rings. The van der Waals surface area contributed by atoms with Crippen molar-refractivity contribution in [2.75, 3.05) is 23.5 Å². The Labute approximate surface area is 119 Å². The highest BCUT2D eigenvalue weighted by Crippen LogP contribution is 2.17. The van der Waals surface area contributed by atoms with E-state index >= 15 is 0 Å². The van der Waals surface area contributed by atoms with E-state index in [4.69, 9.17) is 15.7 Å². The van der Waals surface area contributed by atoms with Crippen LogP contribution < -0.4 is 20.9 Å². The van der Waals surface area contributed by atoms with Crippen LogP contribution in [0.1, 0.15) is 34.1 Å². The Balaban J connectivity index is 3.05. The van der Waals surface area contributed by atoms with Crippen LogP contribution in [0.25, 0.3) is 0 Å². The van der Waals surface area contributed by atoms with E-state index in [2.05, 4.69) is 20.4 Å². The molecule has 0 aliphatic rings. The van der Waals surface area contributed by atoms with Crippen molar-refractivity contribution in [2.45, 2.75) is 46.3 Å². The fraction of sp³-hybridized carbons (Fsp3) is 0.750. The molecule has 0 bridgehead atoms. The molecule has 0 spiro atoms. The summed E-state index contributed by atoms with van der Waals surface area (Å²) in [6.07, 6.45) is 0.594. The molecule has 0 unspecified atom stereocenters. The Morgan fingerprint density at radius 3 is 2.45 bits per heavy atom. The lowest BCUT2D eigenvalue weighted by atomic mass is 10.3. The van der Waals surface area contributed by atoms with Gasteiger partial charge in [0.05, 0.1) is 6.10 Å². The largest absolute Gasteiger partial charge is 0.461 e. The standard InChI is InChI=1S/C12H24N6O2/c1-8(2)18(6-5-7-19)11-14-10(17-13)15-12(16-11)20-9(3)4/h8-9,19H,5-7,13H2,1-4H3,(H,14,15,16,17). The van der Waals surface area contributed by atoms with Gasteiger partial charge >= 0.3 is 6.01 Å². The molecule has 1 aromatic heterocycles. The van der Waals surface area contributed by atoms with Gasteiger partial charge in [-0.15, -0.1) is 0 Å². The van der Waals surface area contributed by atoms with Crippen molar-refractivity contribution in [3.63, 3.8) is 0 Å². The minimum absolute atomic E-state index is 0.0409. The molecule has 0 amide bonds. The van der Waals surface area contributed by atoms with E-state index < -0.39 is 0 Å². The highest BCUT2D eigenvalue weighted by Gasteiger charge is 2.17. The first-order chi connectivity index (χ1) is 9.47. The summed E-state index contributed by atoms with van der Waals surface area (Å²) in [5, 5.41) is 8.98. The molecule has 114 valence electrons. The number of nitrogens with one attached hydrogen (secondary N) is 1. The molecule has 0 aliphatic heterocycles. The van der Waals surface area contributed by atoms with E-state index in [1.165, 1.54) is 0 Å². The van der Waals surface area contributed by atoms with Gasteiger partial charge in [-0.2, -0.15) is 15.0 Å². The smallest absolute Gasteiger partial charge is 0.323 e. The van der Waals surface area contributed by atoms with Gasteiger partial charge in [-0.25, -0.2) is 5.84 Å². The van der Waals surface area contributed by atoms with E-state index in [1.54, 1.807) is 0 Å². The molecule has 0 saturated carbocycles. The summed E-state index contributed by atoms with van der Waals surface area (Å²) in [6.45, 7) is 8.60. The highest BCUT2D eigenvalue weighted by molar-refractivity contribution is 5.38. The van der Waals surface area contributed by atoms with Crippen LogP contribution in [0.2, 0.25) is 0 Å². The van der Waals surface area contributed by atoms with Gasteiger partial charge in [0.15, 0.2) is 0 Å². The van der Waals surface area contributed by atoms with Gasteiger partial charge < -0.3 is 14.7 Å². The van der Waals surface area contributed by atoms with Crippen LogP contribution in [0.3, 0.4) is 0 Å². The second-order valence-electron chi connectivity index (χ2n) is 4.92. The second-order valence-corrected chi connectivity index (χ2v) is 4.92. The van der Waals surface area contributed by atoms with Crippen LogP contribution in [0.4, 0.5) is 11.9 Å². The van der Waals surface area contributed by atoms with Crippen molar-refractivity contribution in [3.8, 4) is 6.01 Å². The molecule has 1 rings (SSSR count). The van der Waals surface area contributed by atoms with Crippen LogP contribution >= 0.6 is 0 Å². The predicted molar refractivity (Wildman–Crippen MR) is 77.6 cm³/mol. The first kappa shape index (κ1) is 16.4. The van der Waals surface area contributed by atoms with Gasteiger partial charge in [0.1, 0.15) is 0 Å². The van der Waals surface area contributed by atoms with Crippen LogP contribution in [0, 0.1) is 0 Å². The molecule has 0 radical (unpaired) electrons. The third-order valence-corrected chi connectivity index (χ3v) is 2.51. The molecule has 0 atom stereocenters. The molecule has 1 heterocycles. The number of hydrogen-bond acceptors (Lipinski definition) is 8. The molecule has 4 N–H and O–H groups in total. The predicted octanol–water partition coefficient (Wildman–Crippen LogP) is 0.542. The fourth-order valence-electron chi connectivity index (χ4n) is 1.63. The van der Waals surface area contributed by atoms with Gasteiger partial charge in [-0.1, -0.05) is 0 Å². The van der Waals surface area contributed by atoms with Gasteiger partial charge in [0, 0.05) is 19.2 Å². The number of nitrogens with two attached hydrogens (primary N) is 1. The molecule has 8 nitrogen and oxygen atoms in total. The molecule has 8 heteroatoms. The monoisotopic (exact) mass is 284 g/mol. The van der Waals surface area contributed by atoms with Gasteiger partial charge in [0.2, 0.25) is 11.9 Å². The maximum absolute atomic E-state index is 8.98. The van der Waals surface area contributed by atoms with Gasteiger partial charge in [0.25, 0.3) is 0 Å². The number of nitrogens with zero attached hydrogens (tertiary/aromatic N) is 4. The van der Waals surface area contributed by atoms with E-state index in [9.17, 15) is 0 Å². The summed E-state index contributed by atoms with van der Waals surface area (Å²) in [5.74, 6) is 6.11. The summed E-state index contributed by atoms with van der Waals surface area (Å²) < 4.78 is 5.50. The average molecular weight is 284 g/mol. The lowest BCUT2D eigenvalue weighted by molar-refractivity contribution is 0.222. The Kier molecular flexibility index (Phi) is 6.40. The van der Waals surface area contributed by atoms with Gasteiger partial charge in [-0.3, -0.25) is 5.43 Å². The van der Waals surface area contributed by atoms with Crippen LogP contribution in [-0.2, 0) is 0 Å². The Morgan fingerprint density at radius 2 is 1.95 bits per heavy atom. The SMILES string of the molecule is CC(C)Oc1nc(NN)nc(N(CCCO)C(C)C)n1. The zero-order valence-corrected chi connectivity index (χ0v) is 12.5. The topological polar surface area (TPSA) is 109 Å². The number of aliphatic hydroxyl groups is 1. The average Bonchev–Trinajstić information content (AvgIpc) is 2.37. The van der Waals surface area contributed by atoms with Crippen LogP contribution in [-0.4, -0.2) is 45.4 Å². The van der Waals surface area contributed by atoms with Crippen molar-refractivity contribution in [1.29, 1.82) is 0 Å². The number of ether oxygens (including phenoxy) is 1. The van der Waals surface area contributed by atoms with E-state index in [1.807, 2.05) is 32.6 Å². The summed E-state index contributed by atoms with van der Waals surface area (Å²) in [7, 11) is 0. The lowest BCUT2D eigenvalue weighted by Crippen LogP contribution is -2.34. The second kappa shape index (κ2) is 7.81. The summed E-state index contributed by atoms with van der Waals surface area (Å²) in [6, 6.07) is 0.411. The quantitative estimate of drug-likeness (QED) is 0.469. The minimum atomic E-state index is -0.0409. The molecule has 0 aromatic carbocycles. The molecule has 0 aliphatic carbocycles. The number of rotatable bonds is 8. The van der Waals surface area contributed by atoms with Crippen molar-refractivity contribution < 1.29 is 9.84 Å². The normalized spacial score (nSPS) is 11.0. The molecule has 0 saturated heterocycles. The summed E-state index contributed by atoms with van der Waals surface area (Å²) >= 11 is 0. The van der Waals surface area contributed by atoms with E-state index in [0.29, 0.717) is 18.9 Å². The Hall–Kier alpha value is -1.67. The van der Waals surface area contributed by atoms with E-state index in [-0.39, 0.29) is 30.7 Å². The number of aromatic nitrogens is 3. The molecule has 0 fully saturated rings. The summed E-state index contributed by atoms with van der Waals surface area (Å²) in [4.78, 5) is 14.6. The fourth-order valence-corrected chi connectivity index (χ4v) is 1.63. The Bertz CT molecular complexity index is 413. The number of aliphatic hydroxyl groups excluding tert-OH is 1. The van der Waals surface area contributed by atoms with Crippen LogP contribution in [0.15, 0.2) is 0 Å². The van der Waals surface area contributed by atoms with Crippen LogP contribution in [0.5, 0.6) is 6.01 Å². The maximum Gasteiger partial charge on any atom is 0.323 e. The summed E-state index contributed by atoms with van der Waals surface area (Å²) in [5.41, 5.74) is 2.41. The lowest BCUT2D eigenvalue weighted by Gasteiger charge is -2.26. The molecule has 20 heavy (non-hydrogen) atoms. The van der Waals surface area contributed by atoms with Crippen molar-refractivity contribution >= 4 is 11.9 Å². The number of nitrogen functional groups attached to an aromatic ring is 1. The first-order valence-electron chi connectivity index (χ1n) is 6.74. The minimum Gasteiger partial charge on any atom is -0.461 e. The first-order valence-corrected chi connectivity index (χ1v) is 6.74. The zero-order valence-electron chi connectivity index (χ0n) is 12.5. The number of anilines is 2. The third kappa shape index (κ3) is 4.78. The van der Waals surface area contributed by atoms with E-state index in [0.717, 1.165) is 0 Å². The zero-order chi connectivity index (χ0) is 15.1.